The Morgan fingerprint density at radius 2 is 2.09 bits per heavy atom. The van der Waals surface area contributed by atoms with Gasteiger partial charge in [-0.15, -0.1) is 0 Å². The van der Waals surface area contributed by atoms with Crippen molar-refractivity contribution in [1.82, 2.24) is 20.6 Å². The number of nitriles is 1. The molecule has 1 aliphatic heterocycles. The number of aromatic nitrogens is 2. The van der Waals surface area contributed by atoms with Gasteiger partial charge in [0, 0.05) is 52.5 Å². The molecular weight excluding hydrogens is 424 g/mol. The van der Waals surface area contributed by atoms with Crippen molar-refractivity contribution in [1.29, 1.82) is 5.26 Å². The number of carbonyl (C=O) groups is 1. The van der Waals surface area contributed by atoms with Crippen LogP contribution >= 0.6 is 11.6 Å². The quantitative estimate of drug-likeness (QED) is 0.570. The number of fused-ring (bicyclic) bond motifs is 2. The van der Waals surface area contributed by atoms with Crippen molar-refractivity contribution in [2.75, 3.05) is 6.54 Å². The second-order valence-electron chi connectivity index (χ2n) is 8.77. The summed E-state index contributed by atoms with van der Waals surface area (Å²) in [5, 5.41) is 16.9. The van der Waals surface area contributed by atoms with E-state index in [-0.39, 0.29) is 29.7 Å². The zero-order valence-corrected chi connectivity index (χ0v) is 18.6. The first-order valence-corrected chi connectivity index (χ1v) is 11.3. The predicted octanol–water partition coefficient (Wildman–Crippen LogP) is 3.23. The number of hydrazine groups is 1. The predicted molar refractivity (Wildman–Crippen MR) is 124 cm³/mol. The van der Waals surface area contributed by atoms with Gasteiger partial charge in [-0.1, -0.05) is 35.9 Å². The van der Waals surface area contributed by atoms with Crippen molar-refractivity contribution in [2.45, 2.75) is 31.2 Å². The molecule has 1 saturated carbocycles. The topological polar surface area (TPSA) is 109 Å². The van der Waals surface area contributed by atoms with Gasteiger partial charge >= 0.3 is 0 Å². The van der Waals surface area contributed by atoms with E-state index in [0.717, 1.165) is 46.9 Å². The molecule has 4 unspecified atom stereocenters. The first-order valence-electron chi connectivity index (χ1n) is 10.9. The highest BCUT2D eigenvalue weighted by Crippen LogP contribution is 2.46. The zero-order valence-electron chi connectivity index (χ0n) is 17.8. The molecule has 0 radical (unpaired) electrons. The molecule has 8 heteroatoms. The maximum absolute atomic E-state index is 12.4. The van der Waals surface area contributed by atoms with Crippen molar-refractivity contribution >= 4 is 28.3 Å². The van der Waals surface area contributed by atoms with E-state index in [1.165, 1.54) is 0 Å². The SMILES string of the molecule is Cn1ncc(C2CCC3C(=O)NNC(CN)C3C2)c1-c1cc(Cl)c2ccccc2c1C#N. The Kier molecular flexibility index (Phi) is 5.38. The van der Waals surface area contributed by atoms with Gasteiger partial charge in [0.25, 0.3) is 0 Å². The molecule has 2 heterocycles. The van der Waals surface area contributed by atoms with Crippen LogP contribution in [0.15, 0.2) is 36.5 Å². The zero-order chi connectivity index (χ0) is 22.4. The summed E-state index contributed by atoms with van der Waals surface area (Å²) in [6.07, 6.45) is 4.43. The summed E-state index contributed by atoms with van der Waals surface area (Å²) >= 11 is 6.64. The lowest BCUT2D eigenvalue weighted by Crippen LogP contribution is -2.62. The summed E-state index contributed by atoms with van der Waals surface area (Å²) in [6.45, 7) is 0.465. The van der Waals surface area contributed by atoms with Crippen LogP contribution in [0.2, 0.25) is 5.02 Å². The number of carbonyl (C=O) groups excluding carboxylic acids is 1. The third kappa shape index (κ3) is 3.27. The maximum atomic E-state index is 12.4. The Balaban J connectivity index is 1.60. The summed E-state index contributed by atoms with van der Waals surface area (Å²) in [5.74, 6) is 0.415. The lowest BCUT2D eigenvalue weighted by molar-refractivity contribution is -0.133. The van der Waals surface area contributed by atoms with Crippen LogP contribution in [-0.4, -0.2) is 28.3 Å². The molecule has 1 aliphatic carbocycles. The lowest BCUT2D eigenvalue weighted by atomic mass is 9.68. The van der Waals surface area contributed by atoms with Crippen LogP contribution in [0, 0.1) is 23.2 Å². The Hall–Kier alpha value is -2.92. The number of hydrogen-bond donors (Lipinski definition) is 3. The molecule has 164 valence electrons. The highest BCUT2D eigenvalue weighted by Gasteiger charge is 2.43. The third-order valence-electron chi connectivity index (χ3n) is 7.16. The molecule has 2 aliphatic rings. The first kappa shape index (κ1) is 21.0. The van der Waals surface area contributed by atoms with E-state index < -0.39 is 0 Å². The van der Waals surface area contributed by atoms with E-state index in [4.69, 9.17) is 17.3 Å². The van der Waals surface area contributed by atoms with Crippen LogP contribution in [-0.2, 0) is 11.8 Å². The van der Waals surface area contributed by atoms with Gasteiger partial charge in [-0.2, -0.15) is 10.4 Å². The summed E-state index contributed by atoms with van der Waals surface area (Å²) < 4.78 is 1.83. The molecule has 2 aromatic carbocycles. The van der Waals surface area contributed by atoms with Crippen LogP contribution < -0.4 is 16.6 Å². The largest absolute Gasteiger partial charge is 0.329 e. The summed E-state index contributed by atoms with van der Waals surface area (Å²) in [6, 6.07) is 12.0. The van der Waals surface area contributed by atoms with Gasteiger partial charge in [-0.25, -0.2) is 5.43 Å². The van der Waals surface area contributed by atoms with E-state index in [0.29, 0.717) is 17.1 Å². The number of halogens is 1. The number of aryl methyl sites for hydroxylation is 1. The monoisotopic (exact) mass is 448 g/mol. The number of hydrogen-bond acceptors (Lipinski definition) is 5. The summed E-state index contributed by atoms with van der Waals surface area (Å²) in [7, 11) is 1.90. The molecule has 32 heavy (non-hydrogen) atoms. The third-order valence-corrected chi connectivity index (χ3v) is 7.47. The van der Waals surface area contributed by atoms with E-state index in [1.807, 2.05) is 48.3 Å². The Morgan fingerprint density at radius 3 is 2.84 bits per heavy atom. The average Bonchev–Trinajstić information content (AvgIpc) is 3.20. The van der Waals surface area contributed by atoms with E-state index in [2.05, 4.69) is 22.0 Å². The van der Waals surface area contributed by atoms with Crippen molar-refractivity contribution in [3.8, 4) is 17.3 Å². The second kappa shape index (κ2) is 8.21. The van der Waals surface area contributed by atoms with Crippen molar-refractivity contribution in [3.63, 3.8) is 0 Å². The van der Waals surface area contributed by atoms with Crippen LogP contribution in [0.1, 0.15) is 36.3 Å². The van der Waals surface area contributed by atoms with Gasteiger partial charge in [-0.3, -0.25) is 14.9 Å². The van der Waals surface area contributed by atoms with Crippen LogP contribution in [0.25, 0.3) is 22.0 Å². The van der Waals surface area contributed by atoms with Gasteiger partial charge in [0.15, 0.2) is 0 Å². The number of amides is 1. The minimum Gasteiger partial charge on any atom is -0.329 e. The number of nitrogens with one attached hydrogen (secondary N) is 2. The molecule has 2 fully saturated rings. The Bertz CT molecular complexity index is 1250. The highest BCUT2D eigenvalue weighted by molar-refractivity contribution is 6.36. The van der Waals surface area contributed by atoms with Crippen LogP contribution in [0.5, 0.6) is 0 Å². The molecular formula is C24H25ClN6O. The van der Waals surface area contributed by atoms with Crippen molar-refractivity contribution in [3.05, 3.63) is 52.7 Å². The molecule has 1 aromatic heterocycles. The minimum atomic E-state index is -0.0223. The standard InChI is InChI=1S/C24H25ClN6O/c1-31-23(18-9-21(25)15-5-3-2-4-14(15)19(18)10-26)20(12-28-31)13-6-7-16-17(8-13)22(11-27)29-30-24(16)32/h2-5,9,12-13,16-17,22,29H,6-8,11,27H2,1H3,(H,30,32). The molecule has 4 N–H and O–H groups in total. The smallest absolute Gasteiger partial charge is 0.237 e. The lowest BCUT2D eigenvalue weighted by Gasteiger charge is -2.43. The molecule has 4 atom stereocenters. The summed E-state index contributed by atoms with van der Waals surface area (Å²) in [5.41, 5.74) is 15.3. The fourth-order valence-corrected chi connectivity index (χ4v) is 5.85. The number of rotatable bonds is 3. The number of nitrogens with two attached hydrogens (primary N) is 1. The van der Waals surface area contributed by atoms with Gasteiger partial charge in [0.2, 0.25) is 5.91 Å². The summed E-state index contributed by atoms with van der Waals surface area (Å²) in [4.78, 5) is 12.4. The fourth-order valence-electron chi connectivity index (χ4n) is 5.58. The molecule has 7 nitrogen and oxygen atoms in total. The van der Waals surface area contributed by atoms with E-state index in [1.54, 1.807) is 0 Å². The van der Waals surface area contributed by atoms with Gasteiger partial charge in [0.05, 0.1) is 17.5 Å². The van der Waals surface area contributed by atoms with Crippen molar-refractivity contribution in [2.24, 2.45) is 24.6 Å². The van der Waals surface area contributed by atoms with E-state index >= 15 is 0 Å². The molecule has 0 bridgehead atoms. The van der Waals surface area contributed by atoms with Gasteiger partial charge in [0.1, 0.15) is 6.07 Å². The Morgan fingerprint density at radius 1 is 1.31 bits per heavy atom. The number of benzene rings is 2. The minimum absolute atomic E-state index is 0.0223. The maximum Gasteiger partial charge on any atom is 0.237 e. The fraction of sp³-hybridized carbons (Fsp3) is 0.375. The molecule has 1 saturated heterocycles. The van der Waals surface area contributed by atoms with Gasteiger partial charge < -0.3 is 5.73 Å². The molecule has 3 aromatic rings. The first-order chi connectivity index (χ1) is 15.5. The Labute approximate surface area is 191 Å². The molecule has 5 rings (SSSR count). The van der Waals surface area contributed by atoms with E-state index in [9.17, 15) is 10.1 Å². The van der Waals surface area contributed by atoms with Crippen LogP contribution in [0.3, 0.4) is 0 Å². The second-order valence-corrected chi connectivity index (χ2v) is 9.17. The molecule has 1 amide bonds. The van der Waals surface area contributed by atoms with Crippen molar-refractivity contribution < 1.29 is 4.79 Å². The molecule has 0 spiro atoms. The highest BCUT2D eigenvalue weighted by atomic mass is 35.5. The average molecular weight is 449 g/mol. The van der Waals surface area contributed by atoms with Crippen LogP contribution in [0.4, 0.5) is 0 Å². The normalized spacial score (nSPS) is 25.2. The number of nitrogens with zero attached hydrogens (tertiary/aromatic N) is 3. The van der Waals surface area contributed by atoms with Gasteiger partial charge in [-0.05, 0) is 37.2 Å².